The van der Waals surface area contributed by atoms with Crippen LogP contribution in [0.4, 0.5) is 0 Å². The molecule has 0 bridgehead atoms. The van der Waals surface area contributed by atoms with E-state index in [0.717, 1.165) is 19.6 Å². The molecule has 0 amide bonds. The topological polar surface area (TPSA) is 18.5 Å². The molecule has 0 aromatic carbocycles. The van der Waals surface area contributed by atoms with Crippen LogP contribution in [0.25, 0.3) is 0 Å². The molecule has 1 aliphatic heterocycles. The highest BCUT2D eigenvalue weighted by Crippen LogP contribution is 2.28. The molecule has 0 N–H and O–H groups in total. The molecule has 0 aromatic heterocycles. The summed E-state index contributed by atoms with van der Waals surface area (Å²) in [5.74, 6) is 0.683. The molecule has 1 saturated heterocycles. The maximum absolute atomic E-state index is 5.42. The van der Waals surface area contributed by atoms with Gasteiger partial charge < -0.3 is 9.47 Å². The first-order chi connectivity index (χ1) is 5.97. The van der Waals surface area contributed by atoms with Crippen molar-refractivity contribution in [2.75, 3.05) is 13.2 Å². The molecule has 0 spiro atoms. The summed E-state index contributed by atoms with van der Waals surface area (Å²) >= 11 is 0. The van der Waals surface area contributed by atoms with Crippen LogP contribution in [0.5, 0.6) is 0 Å². The molecule has 78 valence electrons. The Hall–Kier alpha value is -0.0800. The van der Waals surface area contributed by atoms with Crippen molar-refractivity contribution in [2.45, 2.75) is 46.8 Å². The first kappa shape index (κ1) is 11.0. The molecule has 1 atom stereocenters. The van der Waals surface area contributed by atoms with Gasteiger partial charge in [-0.05, 0) is 17.8 Å². The lowest BCUT2D eigenvalue weighted by Gasteiger charge is -2.24. The quantitative estimate of drug-likeness (QED) is 0.674. The largest absolute Gasteiger partial charge is 0.350 e. The number of rotatable bonds is 3. The molecule has 0 aliphatic carbocycles. The second-order valence-electron chi connectivity index (χ2n) is 5.28. The Morgan fingerprint density at radius 1 is 1.23 bits per heavy atom. The molecule has 0 aromatic rings. The number of hydrogen-bond acceptors (Lipinski definition) is 2. The van der Waals surface area contributed by atoms with Gasteiger partial charge in [0.05, 0.1) is 13.2 Å². The number of ether oxygens (including phenoxy) is 2. The minimum atomic E-state index is 0.0670. The van der Waals surface area contributed by atoms with E-state index < -0.39 is 0 Å². The van der Waals surface area contributed by atoms with Gasteiger partial charge in [0.1, 0.15) is 0 Å². The second kappa shape index (κ2) is 4.43. The zero-order valence-corrected chi connectivity index (χ0v) is 9.30. The van der Waals surface area contributed by atoms with Crippen molar-refractivity contribution in [3.63, 3.8) is 0 Å². The highest BCUT2D eigenvalue weighted by atomic mass is 16.7. The molecular weight excluding hydrogens is 164 g/mol. The average molecular weight is 186 g/mol. The molecule has 0 radical (unpaired) electrons. The van der Waals surface area contributed by atoms with Gasteiger partial charge in [0, 0.05) is 6.42 Å². The SMILES string of the molecule is C[C@@H](CC1OCCO1)CC(C)(C)C. The second-order valence-corrected chi connectivity index (χ2v) is 5.28. The monoisotopic (exact) mass is 186 g/mol. The fourth-order valence-electron chi connectivity index (χ4n) is 2.00. The lowest BCUT2D eigenvalue weighted by molar-refractivity contribution is -0.0580. The van der Waals surface area contributed by atoms with Crippen molar-refractivity contribution in [2.24, 2.45) is 11.3 Å². The summed E-state index contributed by atoms with van der Waals surface area (Å²) in [6.07, 6.45) is 2.34. The minimum Gasteiger partial charge on any atom is -0.350 e. The average Bonchev–Trinajstić information content (AvgIpc) is 2.34. The van der Waals surface area contributed by atoms with Crippen molar-refractivity contribution in [3.8, 4) is 0 Å². The Balaban J connectivity index is 2.20. The molecule has 1 rings (SSSR count). The highest BCUT2D eigenvalue weighted by Gasteiger charge is 2.22. The highest BCUT2D eigenvalue weighted by molar-refractivity contribution is 4.68. The van der Waals surface area contributed by atoms with Crippen molar-refractivity contribution in [1.29, 1.82) is 0 Å². The zero-order valence-electron chi connectivity index (χ0n) is 9.30. The van der Waals surface area contributed by atoms with Crippen LogP contribution in [-0.4, -0.2) is 19.5 Å². The van der Waals surface area contributed by atoms with E-state index >= 15 is 0 Å². The molecular formula is C11H22O2. The molecule has 1 aliphatic rings. The first-order valence-electron chi connectivity index (χ1n) is 5.20. The normalized spacial score (nSPS) is 22.2. The first-order valence-corrected chi connectivity index (χ1v) is 5.20. The van der Waals surface area contributed by atoms with Crippen LogP contribution in [0.3, 0.4) is 0 Å². The van der Waals surface area contributed by atoms with Gasteiger partial charge in [-0.1, -0.05) is 27.7 Å². The zero-order chi connectivity index (χ0) is 9.90. The van der Waals surface area contributed by atoms with Gasteiger partial charge in [-0.3, -0.25) is 0 Å². The summed E-state index contributed by atoms with van der Waals surface area (Å²) in [5, 5.41) is 0. The van der Waals surface area contributed by atoms with Crippen molar-refractivity contribution >= 4 is 0 Å². The summed E-state index contributed by atoms with van der Waals surface area (Å²) in [4.78, 5) is 0. The third-order valence-corrected chi connectivity index (χ3v) is 2.25. The standard InChI is InChI=1S/C11H22O2/c1-9(8-11(2,3)4)7-10-12-5-6-13-10/h9-10H,5-8H2,1-4H3/t9-/m0/s1. The van der Waals surface area contributed by atoms with E-state index in [4.69, 9.17) is 9.47 Å². The van der Waals surface area contributed by atoms with Gasteiger partial charge in [-0.2, -0.15) is 0 Å². The smallest absolute Gasteiger partial charge is 0.158 e. The van der Waals surface area contributed by atoms with Crippen LogP contribution in [0.1, 0.15) is 40.5 Å². The van der Waals surface area contributed by atoms with E-state index in [1.54, 1.807) is 0 Å². The van der Waals surface area contributed by atoms with E-state index in [0.29, 0.717) is 11.3 Å². The van der Waals surface area contributed by atoms with Crippen LogP contribution >= 0.6 is 0 Å². The Bertz CT molecular complexity index is 143. The van der Waals surface area contributed by atoms with Crippen LogP contribution in [0.2, 0.25) is 0 Å². The molecule has 0 unspecified atom stereocenters. The Kier molecular flexibility index (Phi) is 3.74. The number of hydrogen-bond donors (Lipinski definition) is 0. The van der Waals surface area contributed by atoms with Crippen molar-refractivity contribution in [1.82, 2.24) is 0 Å². The Labute approximate surface area is 81.6 Å². The molecule has 2 heteroatoms. The lowest BCUT2D eigenvalue weighted by atomic mass is 9.84. The van der Waals surface area contributed by atoms with Gasteiger partial charge in [0.25, 0.3) is 0 Å². The third kappa shape index (κ3) is 4.63. The van der Waals surface area contributed by atoms with Crippen LogP contribution in [0.15, 0.2) is 0 Å². The van der Waals surface area contributed by atoms with Crippen molar-refractivity contribution < 1.29 is 9.47 Å². The van der Waals surface area contributed by atoms with E-state index in [1.165, 1.54) is 6.42 Å². The summed E-state index contributed by atoms with van der Waals surface area (Å²) in [5.41, 5.74) is 0.415. The summed E-state index contributed by atoms with van der Waals surface area (Å²) in [6.45, 7) is 10.6. The molecule has 1 heterocycles. The maximum atomic E-state index is 5.42. The Morgan fingerprint density at radius 2 is 1.77 bits per heavy atom. The summed E-state index contributed by atoms with van der Waals surface area (Å²) in [7, 11) is 0. The fraction of sp³-hybridized carbons (Fsp3) is 1.00. The van der Waals surface area contributed by atoms with Gasteiger partial charge in [-0.25, -0.2) is 0 Å². The van der Waals surface area contributed by atoms with Crippen LogP contribution < -0.4 is 0 Å². The predicted molar refractivity (Wildman–Crippen MR) is 53.5 cm³/mol. The summed E-state index contributed by atoms with van der Waals surface area (Å²) < 4.78 is 10.8. The molecule has 1 fully saturated rings. The minimum absolute atomic E-state index is 0.0670. The fourth-order valence-corrected chi connectivity index (χ4v) is 2.00. The molecule has 2 nitrogen and oxygen atoms in total. The third-order valence-electron chi connectivity index (χ3n) is 2.25. The predicted octanol–water partition coefficient (Wildman–Crippen LogP) is 2.82. The maximum Gasteiger partial charge on any atom is 0.158 e. The van der Waals surface area contributed by atoms with Gasteiger partial charge in [0.2, 0.25) is 0 Å². The van der Waals surface area contributed by atoms with Crippen LogP contribution in [-0.2, 0) is 9.47 Å². The molecule has 13 heavy (non-hydrogen) atoms. The Morgan fingerprint density at radius 3 is 2.23 bits per heavy atom. The van der Waals surface area contributed by atoms with Gasteiger partial charge >= 0.3 is 0 Å². The molecule has 0 saturated carbocycles. The van der Waals surface area contributed by atoms with Crippen LogP contribution in [0, 0.1) is 11.3 Å². The van der Waals surface area contributed by atoms with E-state index in [1.807, 2.05) is 0 Å². The van der Waals surface area contributed by atoms with E-state index in [-0.39, 0.29) is 6.29 Å². The van der Waals surface area contributed by atoms with Gasteiger partial charge in [0.15, 0.2) is 6.29 Å². The lowest BCUT2D eigenvalue weighted by Crippen LogP contribution is -2.17. The van der Waals surface area contributed by atoms with Crippen molar-refractivity contribution in [3.05, 3.63) is 0 Å². The summed E-state index contributed by atoms with van der Waals surface area (Å²) in [6, 6.07) is 0. The van der Waals surface area contributed by atoms with E-state index in [9.17, 15) is 0 Å². The van der Waals surface area contributed by atoms with E-state index in [2.05, 4.69) is 27.7 Å². The van der Waals surface area contributed by atoms with Gasteiger partial charge in [-0.15, -0.1) is 0 Å².